The number of benzene rings is 1. The highest BCUT2D eigenvalue weighted by atomic mass is 16.5. The van der Waals surface area contributed by atoms with E-state index < -0.39 is 0 Å². The van der Waals surface area contributed by atoms with Crippen LogP contribution in [0.4, 0.5) is 0 Å². The van der Waals surface area contributed by atoms with E-state index in [0.29, 0.717) is 6.54 Å². The molecule has 1 aliphatic rings. The van der Waals surface area contributed by atoms with Crippen molar-refractivity contribution in [2.24, 2.45) is 11.7 Å². The van der Waals surface area contributed by atoms with Gasteiger partial charge in [0.25, 0.3) is 0 Å². The summed E-state index contributed by atoms with van der Waals surface area (Å²) >= 11 is 0. The summed E-state index contributed by atoms with van der Waals surface area (Å²) in [7, 11) is 1.42. The molecule has 1 aliphatic heterocycles. The second-order valence-corrected chi connectivity index (χ2v) is 4.80. The smallest absolute Gasteiger partial charge is 0.311 e. The summed E-state index contributed by atoms with van der Waals surface area (Å²) in [4.78, 5) is 13.9. The number of esters is 1. The molecule has 2 N–H and O–H groups in total. The Balaban J connectivity index is 1.97. The second kappa shape index (κ2) is 5.98. The molecular weight excluding hydrogens is 228 g/mol. The number of carbonyl (C=O) groups is 1. The fraction of sp³-hybridized carbons (Fsp3) is 0.500. The average Bonchev–Trinajstić information content (AvgIpc) is 2.41. The maximum absolute atomic E-state index is 11.6. The number of hydrogen-bond donors (Lipinski definition) is 1. The molecule has 1 aromatic carbocycles. The Morgan fingerprint density at radius 1 is 1.44 bits per heavy atom. The number of rotatable bonds is 3. The lowest BCUT2D eigenvalue weighted by Gasteiger charge is -2.35. The highest BCUT2D eigenvalue weighted by molar-refractivity contribution is 5.73. The molecule has 0 aliphatic carbocycles. The lowest BCUT2D eigenvalue weighted by molar-refractivity contribution is -0.148. The van der Waals surface area contributed by atoms with E-state index in [1.165, 1.54) is 12.7 Å². The minimum Gasteiger partial charge on any atom is -0.469 e. The predicted octanol–water partition coefficient (Wildman–Crippen LogP) is 1.01. The van der Waals surface area contributed by atoms with Crippen LogP contribution in [0, 0.1) is 5.92 Å². The van der Waals surface area contributed by atoms with Crippen molar-refractivity contribution in [2.75, 3.05) is 20.2 Å². The number of hydrogen-bond acceptors (Lipinski definition) is 4. The first-order valence-corrected chi connectivity index (χ1v) is 6.30. The molecule has 1 fully saturated rings. The Hall–Kier alpha value is -1.39. The molecule has 4 heteroatoms. The molecule has 0 saturated carbocycles. The third-order valence-electron chi connectivity index (χ3n) is 3.50. The number of likely N-dealkylation sites (tertiary alicyclic amines) is 1. The molecule has 4 nitrogen and oxygen atoms in total. The second-order valence-electron chi connectivity index (χ2n) is 4.80. The van der Waals surface area contributed by atoms with Gasteiger partial charge in [-0.15, -0.1) is 0 Å². The van der Waals surface area contributed by atoms with Crippen LogP contribution >= 0.6 is 0 Å². The van der Waals surface area contributed by atoms with Crippen LogP contribution in [0.5, 0.6) is 0 Å². The van der Waals surface area contributed by atoms with Crippen LogP contribution in [0.25, 0.3) is 0 Å². The Bertz CT molecular complexity index is 394. The zero-order valence-electron chi connectivity index (χ0n) is 10.7. The number of piperidine rings is 1. The van der Waals surface area contributed by atoms with Gasteiger partial charge in [0.1, 0.15) is 0 Å². The van der Waals surface area contributed by atoms with E-state index in [9.17, 15) is 4.79 Å². The van der Waals surface area contributed by atoms with Crippen LogP contribution in [-0.2, 0) is 16.1 Å². The summed E-state index contributed by atoms with van der Waals surface area (Å²) in [5, 5.41) is 0. The van der Waals surface area contributed by atoms with Crippen LogP contribution in [0.15, 0.2) is 30.3 Å². The molecule has 2 atom stereocenters. The quantitative estimate of drug-likeness (QED) is 0.811. The van der Waals surface area contributed by atoms with E-state index in [2.05, 4.69) is 17.0 Å². The van der Waals surface area contributed by atoms with Crippen LogP contribution in [0.1, 0.15) is 12.0 Å². The van der Waals surface area contributed by atoms with E-state index in [0.717, 1.165) is 19.5 Å². The summed E-state index contributed by atoms with van der Waals surface area (Å²) in [6, 6.07) is 10.2. The largest absolute Gasteiger partial charge is 0.469 e. The summed E-state index contributed by atoms with van der Waals surface area (Å²) in [6.45, 7) is 2.48. The Labute approximate surface area is 108 Å². The maximum atomic E-state index is 11.6. The summed E-state index contributed by atoms with van der Waals surface area (Å²) in [5.41, 5.74) is 7.24. The van der Waals surface area contributed by atoms with Crippen molar-refractivity contribution in [3.05, 3.63) is 35.9 Å². The van der Waals surface area contributed by atoms with Gasteiger partial charge in [0.2, 0.25) is 0 Å². The lowest BCUT2D eigenvalue weighted by atomic mass is 9.92. The third-order valence-corrected chi connectivity index (χ3v) is 3.50. The number of nitrogens with two attached hydrogens (primary N) is 1. The highest BCUT2D eigenvalue weighted by Crippen LogP contribution is 2.19. The number of ether oxygens (including phenoxy) is 1. The Morgan fingerprint density at radius 3 is 2.83 bits per heavy atom. The third kappa shape index (κ3) is 3.09. The molecule has 0 radical (unpaired) electrons. The van der Waals surface area contributed by atoms with E-state index in [1.54, 1.807) is 0 Å². The van der Waals surface area contributed by atoms with Gasteiger partial charge in [-0.3, -0.25) is 9.69 Å². The Kier molecular flexibility index (Phi) is 4.33. The van der Waals surface area contributed by atoms with Crippen molar-refractivity contribution in [1.29, 1.82) is 0 Å². The molecule has 1 saturated heterocycles. The molecular formula is C14H20N2O2. The minimum atomic E-state index is -0.201. The van der Waals surface area contributed by atoms with Gasteiger partial charge in [-0.25, -0.2) is 0 Å². The van der Waals surface area contributed by atoms with Gasteiger partial charge < -0.3 is 10.5 Å². The van der Waals surface area contributed by atoms with Crippen LogP contribution in [0.2, 0.25) is 0 Å². The first-order valence-electron chi connectivity index (χ1n) is 6.30. The minimum absolute atomic E-state index is 0.0792. The normalized spacial score (nSPS) is 24.8. The summed E-state index contributed by atoms with van der Waals surface area (Å²) in [6.07, 6.45) is 0.840. The van der Waals surface area contributed by atoms with Crippen LogP contribution in [-0.4, -0.2) is 37.1 Å². The molecule has 18 heavy (non-hydrogen) atoms. The van der Waals surface area contributed by atoms with E-state index >= 15 is 0 Å². The van der Waals surface area contributed by atoms with Crippen molar-refractivity contribution in [2.45, 2.75) is 19.0 Å². The summed E-state index contributed by atoms with van der Waals surface area (Å²) < 4.78 is 4.81. The monoisotopic (exact) mass is 248 g/mol. The molecule has 0 aromatic heterocycles. The van der Waals surface area contributed by atoms with Crippen LogP contribution < -0.4 is 5.73 Å². The van der Waals surface area contributed by atoms with Crippen molar-refractivity contribution in [3.8, 4) is 0 Å². The molecule has 0 bridgehead atoms. The Morgan fingerprint density at radius 2 is 2.17 bits per heavy atom. The van der Waals surface area contributed by atoms with Crippen molar-refractivity contribution in [3.63, 3.8) is 0 Å². The maximum Gasteiger partial charge on any atom is 0.311 e. The van der Waals surface area contributed by atoms with Crippen molar-refractivity contribution < 1.29 is 9.53 Å². The van der Waals surface area contributed by atoms with Crippen LogP contribution in [0.3, 0.4) is 0 Å². The van der Waals surface area contributed by atoms with Crippen molar-refractivity contribution >= 4 is 5.97 Å². The fourth-order valence-electron chi connectivity index (χ4n) is 2.42. The van der Waals surface area contributed by atoms with Gasteiger partial charge in [-0.2, -0.15) is 0 Å². The van der Waals surface area contributed by atoms with E-state index in [1.807, 2.05) is 18.2 Å². The SMILES string of the molecule is COC(=O)[C@H]1CN(Cc2ccccc2)CC[C@@H]1N. The number of nitrogens with zero attached hydrogens (tertiary/aromatic N) is 1. The standard InChI is InChI=1S/C14H20N2O2/c1-18-14(17)12-10-16(8-7-13(12)15)9-11-5-3-2-4-6-11/h2-6,12-13H,7-10,15H2,1H3/t12-,13-/m0/s1. The topological polar surface area (TPSA) is 55.6 Å². The highest BCUT2D eigenvalue weighted by Gasteiger charge is 2.32. The predicted molar refractivity (Wildman–Crippen MR) is 69.8 cm³/mol. The van der Waals surface area contributed by atoms with E-state index in [-0.39, 0.29) is 17.9 Å². The van der Waals surface area contributed by atoms with Gasteiger partial charge >= 0.3 is 5.97 Å². The number of methoxy groups -OCH3 is 1. The molecule has 98 valence electrons. The van der Waals surface area contributed by atoms with Gasteiger partial charge in [0.05, 0.1) is 13.0 Å². The van der Waals surface area contributed by atoms with Gasteiger partial charge in [0, 0.05) is 25.7 Å². The molecule has 0 spiro atoms. The first kappa shape index (κ1) is 13.1. The van der Waals surface area contributed by atoms with Crippen molar-refractivity contribution in [1.82, 2.24) is 4.90 Å². The zero-order chi connectivity index (χ0) is 13.0. The lowest BCUT2D eigenvalue weighted by Crippen LogP contribution is -2.50. The van der Waals surface area contributed by atoms with Gasteiger partial charge in [-0.05, 0) is 12.0 Å². The first-order chi connectivity index (χ1) is 8.70. The molecule has 1 aromatic rings. The fourth-order valence-corrected chi connectivity index (χ4v) is 2.42. The summed E-state index contributed by atoms with van der Waals surface area (Å²) in [5.74, 6) is -0.396. The molecule has 1 heterocycles. The molecule has 2 rings (SSSR count). The zero-order valence-corrected chi connectivity index (χ0v) is 10.7. The molecule has 0 amide bonds. The molecule has 0 unspecified atom stereocenters. The number of carbonyl (C=O) groups excluding carboxylic acids is 1. The average molecular weight is 248 g/mol. The van der Waals surface area contributed by atoms with E-state index in [4.69, 9.17) is 10.5 Å². The van der Waals surface area contributed by atoms with Gasteiger partial charge in [0.15, 0.2) is 0 Å². The van der Waals surface area contributed by atoms with Gasteiger partial charge in [-0.1, -0.05) is 30.3 Å².